The minimum Gasteiger partial charge on any atom is -0.311 e. The van der Waals surface area contributed by atoms with Gasteiger partial charge in [0.1, 0.15) is 0 Å². The molecule has 1 heterocycles. The molecule has 0 N–H and O–H groups in total. The van der Waals surface area contributed by atoms with E-state index in [0.717, 1.165) is 22.7 Å². The predicted octanol–water partition coefficient (Wildman–Crippen LogP) is 16.9. The lowest BCUT2D eigenvalue weighted by Crippen LogP contribution is -2.10. The predicted molar refractivity (Wildman–Crippen MR) is 262 cm³/mol. The van der Waals surface area contributed by atoms with E-state index in [1.807, 2.05) is 0 Å². The third kappa shape index (κ3) is 6.94. The molecule has 0 saturated heterocycles. The zero-order valence-corrected chi connectivity index (χ0v) is 34.1. The zero-order chi connectivity index (χ0) is 41.2. The summed E-state index contributed by atoms with van der Waals surface area (Å²) in [5.41, 5.74) is 21.3. The van der Waals surface area contributed by atoms with Crippen molar-refractivity contribution in [2.24, 2.45) is 0 Å². The molecule has 0 radical (unpaired) electrons. The Morgan fingerprint density at radius 1 is 0.210 bits per heavy atom. The van der Waals surface area contributed by atoms with Crippen molar-refractivity contribution < 1.29 is 0 Å². The first-order valence-corrected chi connectivity index (χ1v) is 21.3. The molecule has 0 bridgehead atoms. The second-order valence-corrected chi connectivity index (χ2v) is 15.7. The molecule has 62 heavy (non-hydrogen) atoms. The first kappa shape index (κ1) is 36.8. The van der Waals surface area contributed by atoms with Crippen molar-refractivity contribution in [1.82, 2.24) is 0 Å². The molecule has 0 aliphatic carbocycles. The average molecular weight is 791 g/mol. The topological polar surface area (TPSA) is 6.48 Å². The van der Waals surface area contributed by atoms with E-state index in [2.05, 4.69) is 265 Å². The van der Waals surface area contributed by atoms with E-state index in [0.29, 0.717) is 0 Å². The van der Waals surface area contributed by atoms with Crippen LogP contribution in [0.4, 0.5) is 34.1 Å². The van der Waals surface area contributed by atoms with Crippen LogP contribution in [0.1, 0.15) is 0 Å². The molecule has 0 atom stereocenters. The number of fused-ring (bicyclic) bond motifs is 5. The Morgan fingerprint density at radius 2 is 0.468 bits per heavy atom. The van der Waals surface area contributed by atoms with E-state index in [1.54, 1.807) is 0 Å². The first-order chi connectivity index (χ1) is 30.7. The summed E-state index contributed by atoms with van der Waals surface area (Å²) in [7, 11) is 0. The molecule has 10 aromatic carbocycles. The summed E-state index contributed by atoms with van der Waals surface area (Å²) in [4.78, 5) is 4.74. The molecule has 0 aromatic heterocycles. The Kier molecular flexibility index (Phi) is 9.57. The van der Waals surface area contributed by atoms with E-state index >= 15 is 0 Å². The Balaban J connectivity index is 0.872. The smallest absolute Gasteiger partial charge is 0.0540 e. The van der Waals surface area contributed by atoms with Gasteiger partial charge in [-0.25, -0.2) is 0 Å². The molecule has 1 aliphatic heterocycles. The minimum absolute atomic E-state index is 1.10. The highest BCUT2D eigenvalue weighted by Gasteiger charge is 2.25. The van der Waals surface area contributed by atoms with Gasteiger partial charge in [0.25, 0.3) is 0 Å². The summed E-state index contributed by atoms with van der Waals surface area (Å²) in [6.45, 7) is 0. The fraction of sp³-hybridized carbons (Fsp3) is 0. The zero-order valence-electron chi connectivity index (χ0n) is 34.1. The third-order valence-corrected chi connectivity index (χ3v) is 12.1. The fourth-order valence-electron chi connectivity index (χ4n) is 8.93. The quantitative estimate of drug-likeness (QED) is 0.151. The van der Waals surface area contributed by atoms with E-state index < -0.39 is 0 Å². The van der Waals surface area contributed by atoms with E-state index in [1.165, 1.54) is 78.1 Å². The largest absolute Gasteiger partial charge is 0.311 e. The first-order valence-electron chi connectivity index (χ1n) is 21.3. The number of benzene rings is 10. The number of para-hydroxylation sites is 2. The van der Waals surface area contributed by atoms with Gasteiger partial charge in [0.2, 0.25) is 0 Å². The molecule has 0 spiro atoms. The van der Waals surface area contributed by atoms with Crippen LogP contribution in [0.15, 0.2) is 255 Å². The van der Waals surface area contributed by atoms with Crippen LogP contribution in [0, 0.1) is 0 Å². The molecule has 11 rings (SSSR count). The summed E-state index contributed by atoms with van der Waals surface area (Å²) in [6, 6.07) is 91.9. The maximum absolute atomic E-state index is 2.40. The summed E-state index contributed by atoms with van der Waals surface area (Å²) in [5, 5.41) is 0. The number of hydrogen-bond donors (Lipinski definition) is 0. The van der Waals surface area contributed by atoms with Crippen LogP contribution in [0.25, 0.3) is 66.8 Å². The Morgan fingerprint density at radius 3 is 0.823 bits per heavy atom. The maximum Gasteiger partial charge on any atom is 0.0540 e. The molecule has 1 aliphatic rings. The van der Waals surface area contributed by atoms with Gasteiger partial charge in [0.05, 0.1) is 11.4 Å². The van der Waals surface area contributed by atoms with Gasteiger partial charge in [-0.3, -0.25) is 0 Å². The normalized spacial score (nSPS) is 11.5. The Bertz CT molecular complexity index is 2970. The van der Waals surface area contributed by atoms with Gasteiger partial charge in [-0.15, -0.1) is 0 Å². The molecule has 2 heteroatoms. The van der Waals surface area contributed by atoms with E-state index in [-0.39, 0.29) is 0 Å². The molecular formula is C60H42N2. The van der Waals surface area contributed by atoms with Gasteiger partial charge < -0.3 is 9.80 Å². The lowest BCUT2D eigenvalue weighted by Gasteiger charge is -2.27. The minimum atomic E-state index is 1.10. The van der Waals surface area contributed by atoms with Gasteiger partial charge in [-0.1, -0.05) is 194 Å². The number of nitrogens with zero attached hydrogens (tertiary/aromatic N) is 2. The van der Waals surface area contributed by atoms with Crippen LogP contribution in [-0.4, -0.2) is 0 Å². The van der Waals surface area contributed by atoms with E-state index in [4.69, 9.17) is 0 Å². The lowest BCUT2D eigenvalue weighted by atomic mass is 9.95. The van der Waals surface area contributed by atoms with Crippen molar-refractivity contribution in [3.05, 3.63) is 255 Å². The third-order valence-electron chi connectivity index (χ3n) is 12.1. The van der Waals surface area contributed by atoms with Crippen molar-refractivity contribution in [1.29, 1.82) is 0 Å². The number of anilines is 6. The molecule has 2 nitrogen and oxygen atoms in total. The van der Waals surface area contributed by atoms with Crippen molar-refractivity contribution in [2.75, 3.05) is 9.80 Å². The van der Waals surface area contributed by atoms with Crippen LogP contribution in [0.2, 0.25) is 0 Å². The van der Waals surface area contributed by atoms with Gasteiger partial charge in [-0.05, 0) is 116 Å². The fourth-order valence-corrected chi connectivity index (χ4v) is 8.93. The molecular weight excluding hydrogens is 749 g/mol. The summed E-state index contributed by atoms with van der Waals surface area (Å²) in [6.07, 6.45) is 0. The Hall–Kier alpha value is -8.20. The van der Waals surface area contributed by atoms with Crippen LogP contribution < -0.4 is 9.80 Å². The van der Waals surface area contributed by atoms with Crippen molar-refractivity contribution in [3.8, 4) is 66.8 Å². The van der Waals surface area contributed by atoms with Gasteiger partial charge in [0, 0.05) is 33.9 Å². The van der Waals surface area contributed by atoms with Crippen LogP contribution in [0.3, 0.4) is 0 Å². The van der Waals surface area contributed by atoms with Gasteiger partial charge >= 0.3 is 0 Å². The van der Waals surface area contributed by atoms with Gasteiger partial charge in [-0.2, -0.15) is 0 Å². The van der Waals surface area contributed by atoms with Crippen molar-refractivity contribution in [3.63, 3.8) is 0 Å². The van der Waals surface area contributed by atoms with Crippen LogP contribution in [-0.2, 0) is 0 Å². The SMILES string of the molecule is c1ccc(-c2ccc(N(c3ccc(-c4ccccc4)cc3)c3ccc(-c4ccc(-c5ccc(N6c7ccccc7-c7ccccc7-c7ccccc76)cc5)cc4)cc3)cc2)cc1. The highest BCUT2D eigenvalue weighted by molar-refractivity contribution is 6.02. The molecule has 0 unspecified atom stereocenters. The van der Waals surface area contributed by atoms with Crippen molar-refractivity contribution >= 4 is 34.1 Å². The van der Waals surface area contributed by atoms with Crippen LogP contribution >= 0.6 is 0 Å². The highest BCUT2D eigenvalue weighted by Crippen LogP contribution is 2.50. The summed E-state index contributed by atoms with van der Waals surface area (Å²) < 4.78 is 0. The molecule has 10 aromatic rings. The van der Waals surface area contributed by atoms with Gasteiger partial charge in [0.15, 0.2) is 0 Å². The summed E-state index contributed by atoms with van der Waals surface area (Å²) >= 11 is 0. The maximum atomic E-state index is 2.40. The standard InChI is InChI=1S/C60H42N2/c1-3-13-43(14-4-1)47-27-35-51(36-28-47)61(52-37-29-48(30-38-52)44-15-5-2-6-16-44)53-39-31-49(32-40-53)45-23-25-46(26-24-45)50-33-41-54(42-34-50)62-59-21-11-9-19-57(59)55-17-7-8-18-56(55)58-20-10-12-22-60(58)62/h1-42H. The monoisotopic (exact) mass is 790 g/mol. The van der Waals surface area contributed by atoms with Crippen molar-refractivity contribution in [2.45, 2.75) is 0 Å². The average Bonchev–Trinajstić information content (AvgIpc) is 3.48. The number of hydrogen-bond acceptors (Lipinski definition) is 2. The molecule has 292 valence electrons. The van der Waals surface area contributed by atoms with Crippen LogP contribution in [0.5, 0.6) is 0 Å². The second kappa shape index (κ2) is 16.1. The second-order valence-electron chi connectivity index (χ2n) is 15.7. The molecule has 0 fully saturated rings. The summed E-state index contributed by atoms with van der Waals surface area (Å²) in [5.74, 6) is 0. The van der Waals surface area contributed by atoms with E-state index in [9.17, 15) is 0 Å². The molecule has 0 amide bonds. The number of rotatable bonds is 8. The Labute approximate surface area is 363 Å². The highest BCUT2D eigenvalue weighted by atomic mass is 15.2. The molecule has 0 saturated carbocycles. The lowest BCUT2D eigenvalue weighted by molar-refractivity contribution is 1.28.